The van der Waals surface area contributed by atoms with Crippen molar-refractivity contribution >= 4 is 42.4 Å². The first-order chi connectivity index (χ1) is 17.7. The summed E-state index contributed by atoms with van der Waals surface area (Å²) < 4.78 is 6.08. The van der Waals surface area contributed by atoms with Crippen molar-refractivity contribution in [2.75, 3.05) is 0 Å². The molecule has 0 N–H and O–H groups in total. The highest BCUT2D eigenvalue weighted by molar-refractivity contribution is 7.27. The maximum absolute atomic E-state index is 6.08. The minimum atomic E-state index is 0.979. The van der Waals surface area contributed by atoms with Crippen LogP contribution in [0.2, 0.25) is 0 Å². The van der Waals surface area contributed by atoms with E-state index in [1.807, 2.05) is 0 Å². The fraction of sp³-hybridized carbons (Fsp3) is 0.0588. The Hall–Kier alpha value is -3.93. The molecule has 5 aromatic carbocycles. The first kappa shape index (κ1) is 21.4. The van der Waals surface area contributed by atoms with E-state index in [1.165, 1.54) is 60.4 Å². The van der Waals surface area contributed by atoms with Crippen molar-refractivity contribution in [3.8, 4) is 33.4 Å². The van der Waals surface area contributed by atoms with Crippen molar-refractivity contribution in [2.45, 2.75) is 12.8 Å². The lowest BCUT2D eigenvalue weighted by atomic mass is 9.95. The molecule has 1 aliphatic carbocycles. The molecule has 0 spiro atoms. The predicted molar refractivity (Wildman–Crippen MR) is 157 cm³/mol. The van der Waals surface area contributed by atoms with Crippen molar-refractivity contribution in [1.82, 2.24) is 0 Å². The van der Waals surface area contributed by atoms with Crippen LogP contribution in [0.3, 0.4) is 0 Å². The van der Waals surface area contributed by atoms with E-state index >= 15 is 0 Å². The second kappa shape index (κ2) is 8.63. The summed E-state index contributed by atoms with van der Waals surface area (Å²) in [5.74, 6) is 1.11. The number of rotatable bonds is 3. The Morgan fingerprint density at radius 3 is 1.72 bits per heavy atom. The first-order valence-corrected chi connectivity index (χ1v) is 13.0. The second-order valence-electron chi connectivity index (χ2n) is 9.57. The van der Waals surface area contributed by atoms with Crippen LogP contribution in [-0.2, 0) is 6.42 Å². The lowest BCUT2D eigenvalue weighted by Gasteiger charge is -2.09. The van der Waals surface area contributed by atoms with E-state index in [0.717, 1.165) is 24.2 Å². The Labute approximate surface area is 213 Å². The van der Waals surface area contributed by atoms with Crippen LogP contribution in [0.1, 0.15) is 17.7 Å². The van der Waals surface area contributed by atoms with Gasteiger partial charge in [-0.1, -0.05) is 91.0 Å². The number of benzene rings is 5. The van der Waals surface area contributed by atoms with Gasteiger partial charge in [0.1, 0.15) is 11.3 Å². The van der Waals surface area contributed by atoms with Crippen molar-refractivity contribution in [2.24, 2.45) is 0 Å². The van der Waals surface area contributed by atoms with Crippen molar-refractivity contribution in [3.05, 3.63) is 121 Å². The summed E-state index contributed by atoms with van der Waals surface area (Å²) in [4.78, 5) is 0. The van der Waals surface area contributed by atoms with Gasteiger partial charge in [-0.2, -0.15) is 0 Å². The molecule has 0 bridgehead atoms. The van der Waals surface area contributed by atoms with Gasteiger partial charge in [0.2, 0.25) is 0 Å². The highest BCUT2D eigenvalue weighted by Crippen LogP contribution is 2.35. The monoisotopic (exact) mass is 480 g/mol. The van der Waals surface area contributed by atoms with Crippen molar-refractivity contribution < 1.29 is 4.42 Å². The number of aryl methyl sites for hydroxylation is 1. The van der Waals surface area contributed by atoms with Gasteiger partial charge in [-0.05, 0) is 80.1 Å². The van der Waals surface area contributed by atoms with Gasteiger partial charge in [0.05, 0.1) is 0 Å². The van der Waals surface area contributed by atoms with Gasteiger partial charge in [0.25, 0.3) is 0 Å². The molecule has 0 radical (unpaired) electrons. The Morgan fingerprint density at radius 2 is 1.08 bits per heavy atom. The summed E-state index contributed by atoms with van der Waals surface area (Å²) in [5, 5.41) is 4.93. The van der Waals surface area contributed by atoms with Gasteiger partial charge < -0.3 is 4.42 Å². The summed E-state index contributed by atoms with van der Waals surface area (Å²) in [6.07, 6.45) is 6.50. The van der Waals surface area contributed by atoms with Gasteiger partial charge in [-0.25, -0.2) is 0 Å². The third kappa shape index (κ3) is 3.77. The smallest absolute Gasteiger partial charge is 0.134 e. The van der Waals surface area contributed by atoms with Gasteiger partial charge in [-0.15, -0.1) is 9.24 Å². The van der Waals surface area contributed by atoms with Crippen LogP contribution < -0.4 is 5.30 Å². The number of hydrogen-bond donors (Lipinski definition) is 0. The lowest BCUT2D eigenvalue weighted by molar-refractivity contribution is 0.546. The number of fused-ring (bicyclic) bond motifs is 4. The maximum atomic E-state index is 6.08. The van der Waals surface area contributed by atoms with E-state index in [9.17, 15) is 0 Å². The molecule has 1 nitrogen and oxygen atoms in total. The molecule has 2 heteroatoms. The molecular weight excluding hydrogens is 455 g/mol. The van der Waals surface area contributed by atoms with Gasteiger partial charge >= 0.3 is 0 Å². The summed E-state index contributed by atoms with van der Waals surface area (Å²) in [7, 11) is 2.75. The molecule has 36 heavy (non-hydrogen) atoms. The molecule has 0 fully saturated rings. The zero-order chi connectivity index (χ0) is 24.1. The van der Waals surface area contributed by atoms with Gasteiger partial charge in [0.15, 0.2) is 0 Å². The number of hydrogen-bond acceptors (Lipinski definition) is 1. The van der Waals surface area contributed by atoms with Crippen LogP contribution in [-0.4, -0.2) is 0 Å². The molecule has 0 saturated carbocycles. The van der Waals surface area contributed by atoms with Gasteiger partial charge in [0, 0.05) is 17.4 Å². The van der Waals surface area contributed by atoms with Crippen LogP contribution >= 0.6 is 9.24 Å². The molecule has 0 saturated heterocycles. The molecule has 1 aromatic heterocycles. The summed E-state index contributed by atoms with van der Waals surface area (Å²) in [5.41, 5.74) is 9.62. The summed E-state index contributed by atoms with van der Waals surface area (Å²) >= 11 is 0. The Balaban J connectivity index is 1.19. The topological polar surface area (TPSA) is 13.1 Å². The van der Waals surface area contributed by atoms with Crippen LogP contribution in [0.4, 0.5) is 0 Å². The largest absolute Gasteiger partial charge is 0.460 e. The minimum absolute atomic E-state index is 0.979. The normalized spacial score (nSPS) is 12.8. The van der Waals surface area contributed by atoms with Crippen LogP contribution in [0, 0.1) is 0 Å². The SMILES string of the molecule is Pc1ccc(-c2ccc3cc(-c4ccc(-c5ccc6oc7c(c6c5)C=CCC7)cc4)ccc3c2)cc1. The van der Waals surface area contributed by atoms with Crippen LogP contribution in [0.15, 0.2) is 114 Å². The van der Waals surface area contributed by atoms with E-state index in [4.69, 9.17) is 4.42 Å². The molecule has 0 aliphatic heterocycles. The molecule has 1 aliphatic rings. The van der Waals surface area contributed by atoms with Crippen LogP contribution in [0.25, 0.3) is 61.2 Å². The average Bonchev–Trinajstić information content (AvgIpc) is 3.31. The van der Waals surface area contributed by atoms with E-state index in [-0.39, 0.29) is 0 Å². The predicted octanol–water partition coefficient (Wildman–Crippen LogP) is 9.05. The maximum Gasteiger partial charge on any atom is 0.134 e. The molecule has 0 amide bonds. The second-order valence-corrected chi connectivity index (χ2v) is 10.2. The molecule has 7 rings (SSSR count). The highest BCUT2D eigenvalue weighted by atomic mass is 31.0. The quantitative estimate of drug-likeness (QED) is 0.230. The highest BCUT2D eigenvalue weighted by Gasteiger charge is 2.15. The molecular formula is C34H25OP. The standard InChI is InChI=1S/C34H25OP/c36-30-16-13-24(14-17-30)26-10-12-27-19-25(9-11-28(27)20-26)22-5-7-23(8-6-22)29-15-18-34-32(21-29)31-3-1-2-4-33(31)35-34/h1,3,5-21H,2,4,36H2. The van der Waals surface area contributed by atoms with Crippen molar-refractivity contribution in [3.63, 3.8) is 0 Å². The number of allylic oxidation sites excluding steroid dienone is 1. The third-order valence-electron chi connectivity index (χ3n) is 7.26. The van der Waals surface area contributed by atoms with Gasteiger partial charge in [-0.3, -0.25) is 0 Å². The zero-order valence-corrected chi connectivity index (χ0v) is 21.0. The van der Waals surface area contributed by atoms with E-state index in [1.54, 1.807) is 0 Å². The Bertz CT molecular complexity index is 1770. The summed E-state index contributed by atoms with van der Waals surface area (Å²) in [6.45, 7) is 0. The Kier molecular flexibility index (Phi) is 5.12. The number of furan rings is 1. The average molecular weight is 481 g/mol. The molecule has 172 valence electrons. The van der Waals surface area contributed by atoms with Crippen LogP contribution in [0.5, 0.6) is 0 Å². The Morgan fingerprint density at radius 1 is 0.556 bits per heavy atom. The minimum Gasteiger partial charge on any atom is -0.460 e. The molecule has 1 atom stereocenters. The zero-order valence-electron chi connectivity index (χ0n) is 19.9. The van der Waals surface area contributed by atoms with E-state index in [2.05, 4.69) is 125 Å². The lowest BCUT2D eigenvalue weighted by Crippen LogP contribution is -1.88. The first-order valence-electron chi connectivity index (χ1n) is 12.4. The van der Waals surface area contributed by atoms with E-state index in [0.29, 0.717) is 0 Å². The fourth-order valence-electron chi connectivity index (χ4n) is 5.27. The van der Waals surface area contributed by atoms with Crippen molar-refractivity contribution in [1.29, 1.82) is 0 Å². The summed E-state index contributed by atoms with van der Waals surface area (Å²) in [6, 6.07) is 37.5. The fourth-order valence-corrected chi connectivity index (χ4v) is 5.46. The molecule has 1 heterocycles. The third-order valence-corrected chi connectivity index (χ3v) is 7.65. The molecule has 6 aromatic rings. The molecule has 1 unspecified atom stereocenters. The van der Waals surface area contributed by atoms with E-state index < -0.39 is 0 Å².